The number of halogens is 1. The normalized spacial score (nSPS) is 14.3. The van der Waals surface area contributed by atoms with E-state index in [2.05, 4.69) is 10.3 Å². The van der Waals surface area contributed by atoms with Crippen LogP contribution in [0.4, 0.5) is 10.2 Å². The number of fused-ring (bicyclic) bond motifs is 2. The fourth-order valence-electron chi connectivity index (χ4n) is 3.59. The lowest BCUT2D eigenvalue weighted by molar-refractivity contribution is 0.0964. The first kappa shape index (κ1) is 20.1. The molecule has 1 aliphatic rings. The molecule has 0 fully saturated rings. The fourth-order valence-corrected chi connectivity index (χ4v) is 4.48. The van der Waals surface area contributed by atoms with E-state index in [9.17, 15) is 17.6 Å². The summed E-state index contributed by atoms with van der Waals surface area (Å²) in [6, 6.07) is 7.30. The SMILES string of the molecule is CNC(=O)c1c(-c2ccc(F)cc2)oc2nc3c(cc12)C(C)=CCCN3S(C)(=O)=O. The van der Waals surface area contributed by atoms with Crippen molar-refractivity contribution in [2.24, 2.45) is 0 Å². The van der Waals surface area contributed by atoms with Crippen molar-refractivity contribution in [2.45, 2.75) is 13.3 Å². The Hall–Kier alpha value is -3.20. The number of pyridine rings is 1. The van der Waals surface area contributed by atoms with Gasteiger partial charge < -0.3 is 9.73 Å². The van der Waals surface area contributed by atoms with E-state index in [1.54, 1.807) is 6.07 Å². The molecule has 1 aromatic carbocycles. The van der Waals surface area contributed by atoms with E-state index in [1.807, 2.05) is 13.0 Å². The van der Waals surface area contributed by atoms with Gasteiger partial charge in [-0.05, 0) is 49.2 Å². The van der Waals surface area contributed by atoms with Gasteiger partial charge in [-0.1, -0.05) is 6.08 Å². The van der Waals surface area contributed by atoms with Gasteiger partial charge in [0, 0.05) is 24.7 Å². The molecule has 0 atom stereocenters. The van der Waals surface area contributed by atoms with Gasteiger partial charge in [0.05, 0.1) is 17.2 Å². The third kappa shape index (κ3) is 3.35. The van der Waals surface area contributed by atoms with Crippen LogP contribution in [0.3, 0.4) is 0 Å². The third-order valence-electron chi connectivity index (χ3n) is 5.07. The van der Waals surface area contributed by atoms with E-state index in [0.29, 0.717) is 22.9 Å². The minimum atomic E-state index is -3.56. The van der Waals surface area contributed by atoms with E-state index in [1.165, 1.54) is 35.6 Å². The van der Waals surface area contributed by atoms with Crippen LogP contribution in [-0.4, -0.2) is 39.2 Å². The number of anilines is 1. The summed E-state index contributed by atoms with van der Waals surface area (Å²) in [6.07, 6.45) is 3.61. The highest BCUT2D eigenvalue weighted by molar-refractivity contribution is 7.92. The monoisotopic (exact) mass is 429 g/mol. The van der Waals surface area contributed by atoms with Crippen LogP contribution < -0.4 is 9.62 Å². The Morgan fingerprint density at radius 2 is 1.97 bits per heavy atom. The van der Waals surface area contributed by atoms with Crippen LogP contribution in [0.5, 0.6) is 0 Å². The van der Waals surface area contributed by atoms with Gasteiger partial charge in [0.1, 0.15) is 11.6 Å². The molecule has 4 rings (SSSR count). The van der Waals surface area contributed by atoms with Crippen LogP contribution >= 0.6 is 0 Å². The molecule has 30 heavy (non-hydrogen) atoms. The molecule has 7 nitrogen and oxygen atoms in total. The van der Waals surface area contributed by atoms with Gasteiger partial charge in [0.25, 0.3) is 5.91 Å². The zero-order valence-electron chi connectivity index (χ0n) is 16.7. The number of carbonyl (C=O) groups excluding carboxylic acids is 1. The predicted molar refractivity (Wildman–Crippen MR) is 113 cm³/mol. The topological polar surface area (TPSA) is 92.5 Å². The van der Waals surface area contributed by atoms with Gasteiger partial charge in [0.15, 0.2) is 5.82 Å². The highest BCUT2D eigenvalue weighted by Crippen LogP contribution is 2.38. The molecule has 1 amide bonds. The predicted octanol–water partition coefficient (Wildman–Crippen LogP) is 3.57. The van der Waals surface area contributed by atoms with E-state index in [-0.39, 0.29) is 35.3 Å². The minimum absolute atomic E-state index is 0.134. The summed E-state index contributed by atoms with van der Waals surface area (Å²) in [5.41, 5.74) is 2.38. The van der Waals surface area contributed by atoms with Gasteiger partial charge >= 0.3 is 0 Å². The average molecular weight is 429 g/mol. The van der Waals surface area contributed by atoms with Crippen LogP contribution in [0.25, 0.3) is 28.0 Å². The number of hydrogen-bond acceptors (Lipinski definition) is 5. The van der Waals surface area contributed by atoms with E-state index < -0.39 is 15.8 Å². The number of amides is 1. The quantitative estimate of drug-likeness (QED) is 0.687. The fraction of sp³-hybridized carbons (Fsp3) is 0.238. The number of rotatable bonds is 3. The molecule has 1 N–H and O–H groups in total. The molecule has 0 unspecified atom stereocenters. The van der Waals surface area contributed by atoms with Gasteiger partial charge in [-0.25, -0.2) is 12.8 Å². The van der Waals surface area contributed by atoms with Crippen molar-refractivity contribution in [3.05, 3.63) is 53.4 Å². The first-order valence-electron chi connectivity index (χ1n) is 9.31. The van der Waals surface area contributed by atoms with Gasteiger partial charge in [0.2, 0.25) is 15.7 Å². The van der Waals surface area contributed by atoms with Crippen molar-refractivity contribution < 1.29 is 22.0 Å². The molecule has 156 valence electrons. The maximum atomic E-state index is 13.4. The van der Waals surface area contributed by atoms with E-state index in [4.69, 9.17) is 4.42 Å². The van der Waals surface area contributed by atoms with Crippen molar-refractivity contribution in [3.8, 4) is 11.3 Å². The number of aromatic nitrogens is 1. The molecule has 2 aromatic heterocycles. The third-order valence-corrected chi connectivity index (χ3v) is 6.22. The Morgan fingerprint density at radius 3 is 2.60 bits per heavy atom. The molecule has 0 saturated carbocycles. The van der Waals surface area contributed by atoms with E-state index >= 15 is 0 Å². The Balaban J connectivity index is 2.05. The summed E-state index contributed by atoms with van der Waals surface area (Å²) in [5, 5.41) is 3.05. The lowest BCUT2D eigenvalue weighted by Crippen LogP contribution is -2.31. The Morgan fingerprint density at radius 1 is 1.27 bits per heavy atom. The molecule has 0 aliphatic carbocycles. The zero-order chi connectivity index (χ0) is 21.6. The van der Waals surface area contributed by atoms with Gasteiger partial charge in [-0.2, -0.15) is 4.98 Å². The molecule has 3 heterocycles. The van der Waals surface area contributed by atoms with Crippen LogP contribution in [0, 0.1) is 5.82 Å². The number of sulfonamides is 1. The second-order valence-electron chi connectivity index (χ2n) is 7.12. The van der Waals surface area contributed by atoms with Crippen molar-refractivity contribution >= 4 is 38.4 Å². The van der Waals surface area contributed by atoms with Crippen LogP contribution in [-0.2, 0) is 10.0 Å². The molecule has 0 saturated heterocycles. The summed E-state index contributed by atoms with van der Waals surface area (Å²) >= 11 is 0. The molecule has 3 aromatic rings. The smallest absolute Gasteiger partial charge is 0.255 e. The van der Waals surface area contributed by atoms with Crippen LogP contribution in [0.2, 0.25) is 0 Å². The first-order valence-corrected chi connectivity index (χ1v) is 11.2. The number of nitrogens with zero attached hydrogens (tertiary/aromatic N) is 2. The molecule has 0 spiro atoms. The van der Waals surface area contributed by atoms with Gasteiger partial charge in [-0.3, -0.25) is 9.10 Å². The molecule has 0 bridgehead atoms. The number of nitrogens with one attached hydrogen (secondary N) is 1. The average Bonchev–Trinajstić information content (AvgIpc) is 2.98. The van der Waals surface area contributed by atoms with E-state index in [0.717, 1.165) is 11.8 Å². The first-order chi connectivity index (χ1) is 14.2. The van der Waals surface area contributed by atoms with Crippen molar-refractivity contribution in [1.29, 1.82) is 0 Å². The number of benzene rings is 1. The van der Waals surface area contributed by atoms with Crippen LogP contribution in [0.1, 0.15) is 29.3 Å². The Bertz CT molecular complexity index is 1290. The second kappa shape index (κ2) is 7.24. The minimum Gasteiger partial charge on any atom is -0.437 e. The molecule has 1 aliphatic heterocycles. The maximum Gasteiger partial charge on any atom is 0.255 e. The summed E-state index contributed by atoms with van der Waals surface area (Å²) in [5.74, 6) is -0.292. The van der Waals surface area contributed by atoms with Crippen molar-refractivity contribution in [3.63, 3.8) is 0 Å². The summed E-state index contributed by atoms with van der Waals surface area (Å²) in [6.45, 7) is 2.13. The largest absolute Gasteiger partial charge is 0.437 e. The summed E-state index contributed by atoms with van der Waals surface area (Å²) in [4.78, 5) is 17.2. The lowest BCUT2D eigenvalue weighted by atomic mass is 10.0. The zero-order valence-corrected chi connectivity index (χ0v) is 17.5. The van der Waals surface area contributed by atoms with Crippen LogP contribution in [0.15, 0.2) is 40.8 Å². The number of allylic oxidation sites excluding steroid dienone is 1. The number of hydrogen-bond donors (Lipinski definition) is 1. The lowest BCUT2D eigenvalue weighted by Gasteiger charge is -2.21. The number of furan rings is 1. The Labute approximate surface area is 173 Å². The summed E-state index contributed by atoms with van der Waals surface area (Å²) in [7, 11) is -2.06. The van der Waals surface area contributed by atoms with Crippen molar-refractivity contribution in [1.82, 2.24) is 10.3 Å². The number of carbonyl (C=O) groups is 1. The molecular formula is C21H20FN3O4S. The molecular weight excluding hydrogens is 409 g/mol. The van der Waals surface area contributed by atoms with Gasteiger partial charge in [-0.15, -0.1) is 0 Å². The molecule has 0 radical (unpaired) electrons. The highest BCUT2D eigenvalue weighted by Gasteiger charge is 2.29. The standard InChI is InChI=1S/C21H20FN3O4S/c1-12-5-4-10-25(30(3,27)28)19-15(12)11-16-17(20(26)23-2)18(29-21(16)24-19)13-6-8-14(22)9-7-13/h5-9,11H,4,10H2,1-3H3,(H,23,26). The Kier molecular flexibility index (Phi) is 4.85. The van der Waals surface area contributed by atoms with Crippen molar-refractivity contribution in [2.75, 3.05) is 24.2 Å². The molecule has 9 heteroatoms. The second-order valence-corrected chi connectivity index (χ2v) is 9.02. The summed E-state index contributed by atoms with van der Waals surface area (Å²) < 4.78 is 45.3. The maximum absolute atomic E-state index is 13.4. The highest BCUT2D eigenvalue weighted by atomic mass is 32.2.